The van der Waals surface area contributed by atoms with Crippen LogP contribution in [0.15, 0.2) is 121 Å². The molecular formula is C33H20N2O2Se. The molecule has 0 unspecified atom stereocenters. The molecule has 7 rings (SSSR count). The average molecular weight is 555 g/mol. The summed E-state index contributed by atoms with van der Waals surface area (Å²) < 4.78 is 2.06. The number of hydrogen-bond donors (Lipinski definition) is 0. The zero-order valence-corrected chi connectivity index (χ0v) is 21.9. The van der Waals surface area contributed by atoms with Crippen molar-refractivity contribution in [2.75, 3.05) is 4.90 Å². The quantitative estimate of drug-likeness (QED) is 0.129. The zero-order valence-electron chi connectivity index (χ0n) is 20.2. The summed E-state index contributed by atoms with van der Waals surface area (Å²) in [5.41, 5.74) is 2.27. The minimum absolute atomic E-state index is 0.137. The molecule has 0 radical (unpaired) electrons. The van der Waals surface area contributed by atoms with Crippen molar-refractivity contribution in [3.05, 3.63) is 137 Å². The second-order valence-electron chi connectivity index (χ2n) is 9.16. The van der Waals surface area contributed by atoms with Gasteiger partial charge in [0.15, 0.2) is 0 Å². The van der Waals surface area contributed by atoms with E-state index in [-0.39, 0.29) is 31.6 Å². The van der Waals surface area contributed by atoms with E-state index in [0.717, 1.165) is 42.0 Å². The van der Waals surface area contributed by atoms with Crippen LogP contribution in [-0.4, -0.2) is 31.1 Å². The van der Waals surface area contributed by atoms with Crippen LogP contribution in [0.1, 0.15) is 25.2 Å². The van der Waals surface area contributed by atoms with Gasteiger partial charge in [-0.15, -0.1) is 0 Å². The van der Waals surface area contributed by atoms with E-state index in [1.54, 1.807) is 12.3 Å². The number of hydrogen-bond acceptors (Lipinski definition) is 4. The molecule has 0 bridgehead atoms. The van der Waals surface area contributed by atoms with Crippen LogP contribution < -0.4 is 4.90 Å². The van der Waals surface area contributed by atoms with E-state index >= 15 is 0 Å². The molecular weight excluding hydrogens is 535 g/mol. The maximum atomic E-state index is 13.3. The second-order valence-corrected chi connectivity index (χ2v) is 11.5. The molecule has 2 aromatic heterocycles. The molecule has 38 heavy (non-hydrogen) atoms. The standard InChI is InChI=1S/C33H20N2O2Se/c36-32-26-18-22-9-1-2-10-23(22)19-27(26)33(37)28(32)20-24-15-16-31(38-24)35(30-14-5-6-17-34-30)29-13-7-11-21-8-3-4-12-25(21)29/h1-20H. The van der Waals surface area contributed by atoms with E-state index in [1.807, 2.05) is 72.8 Å². The van der Waals surface area contributed by atoms with Gasteiger partial charge in [-0.25, -0.2) is 0 Å². The molecule has 0 amide bonds. The van der Waals surface area contributed by atoms with Crippen molar-refractivity contribution in [2.45, 2.75) is 0 Å². The normalized spacial score (nSPS) is 12.8. The molecule has 0 spiro atoms. The average Bonchev–Trinajstić information content (AvgIpc) is 3.51. The van der Waals surface area contributed by atoms with E-state index in [1.165, 1.54) is 0 Å². The van der Waals surface area contributed by atoms with Crippen molar-refractivity contribution in [2.24, 2.45) is 0 Å². The molecule has 4 aromatic carbocycles. The van der Waals surface area contributed by atoms with Gasteiger partial charge in [0.05, 0.1) is 0 Å². The van der Waals surface area contributed by atoms with Crippen LogP contribution in [0, 0.1) is 0 Å². The van der Waals surface area contributed by atoms with Crippen molar-refractivity contribution in [1.82, 2.24) is 4.98 Å². The third-order valence-electron chi connectivity index (χ3n) is 6.87. The fourth-order valence-electron chi connectivity index (χ4n) is 5.07. The molecule has 0 aliphatic heterocycles. The Morgan fingerprint density at radius 2 is 1.32 bits per heavy atom. The molecule has 0 N–H and O–H groups in total. The monoisotopic (exact) mass is 556 g/mol. The number of carbonyl (C=O) groups is 2. The van der Waals surface area contributed by atoms with E-state index in [9.17, 15) is 9.59 Å². The molecule has 5 heteroatoms. The van der Waals surface area contributed by atoms with Gasteiger partial charge in [-0.3, -0.25) is 0 Å². The molecule has 0 saturated heterocycles. The number of carbonyl (C=O) groups excluding carboxylic acids is 2. The Labute approximate surface area is 225 Å². The molecule has 0 saturated carbocycles. The first kappa shape index (κ1) is 22.6. The van der Waals surface area contributed by atoms with Crippen molar-refractivity contribution < 1.29 is 9.59 Å². The Morgan fingerprint density at radius 1 is 0.658 bits per heavy atom. The van der Waals surface area contributed by atoms with E-state index in [0.29, 0.717) is 11.1 Å². The van der Waals surface area contributed by atoms with Crippen LogP contribution in [0.3, 0.4) is 0 Å². The third-order valence-corrected chi connectivity index (χ3v) is 9.00. The van der Waals surface area contributed by atoms with Gasteiger partial charge in [-0.2, -0.15) is 0 Å². The first-order valence-electron chi connectivity index (χ1n) is 12.3. The summed E-state index contributed by atoms with van der Waals surface area (Å²) in [6.07, 6.45) is 3.59. The van der Waals surface area contributed by atoms with E-state index in [2.05, 4.69) is 46.3 Å². The number of pyridine rings is 1. The Bertz CT molecular complexity index is 1860. The van der Waals surface area contributed by atoms with Crippen LogP contribution >= 0.6 is 0 Å². The second kappa shape index (κ2) is 9.07. The summed E-state index contributed by atoms with van der Waals surface area (Å²) in [4.78, 5) is 33.4. The molecule has 6 aromatic rings. The molecule has 1 aliphatic rings. The fraction of sp³-hybridized carbons (Fsp3) is 0. The summed E-state index contributed by atoms with van der Waals surface area (Å²) in [5.74, 6) is 0.430. The van der Waals surface area contributed by atoms with Crippen LogP contribution in [0.2, 0.25) is 0 Å². The van der Waals surface area contributed by atoms with Gasteiger partial charge in [-0.05, 0) is 0 Å². The molecule has 2 heterocycles. The Kier molecular flexibility index (Phi) is 5.40. The number of rotatable bonds is 4. The SMILES string of the molecule is O=C1C(=Cc2ccc(N(c3ccccn3)c3cccc4ccccc34)[se]2)C(=O)c2cc3ccccc3cc21. The number of fused-ring (bicyclic) bond motifs is 3. The number of anilines is 3. The number of allylic oxidation sites excluding steroid dienone is 1. The van der Waals surface area contributed by atoms with Gasteiger partial charge < -0.3 is 0 Å². The van der Waals surface area contributed by atoms with Crippen LogP contribution in [-0.2, 0) is 0 Å². The van der Waals surface area contributed by atoms with Gasteiger partial charge in [0.1, 0.15) is 0 Å². The van der Waals surface area contributed by atoms with Gasteiger partial charge in [0, 0.05) is 0 Å². The van der Waals surface area contributed by atoms with Gasteiger partial charge >= 0.3 is 226 Å². The number of aromatic nitrogens is 1. The van der Waals surface area contributed by atoms with Crippen molar-refractivity contribution in [1.29, 1.82) is 0 Å². The topological polar surface area (TPSA) is 50.3 Å². The van der Waals surface area contributed by atoms with Crippen molar-refractivity contribution >= 4 is 69.8 Å². The predicted octanol–water partition coefficient (Wildman–Crippen LogP) is 7.38. The van der Waals surface area contributed by atoms with Gasteiger partial charge in [0.25, 0.3) is 0 Å². The summed E-state index contributed by atoms with van der Waals surface area (Å²) in [6.45, 7) is 0. The molecule has 1 aliphatic carbocycles. The third kappa shape index (κ3) is 3.72. The molecule has 0 fully saturated rings. The molecule has 4 nitrogen and oxygen atoms in total. The molecule has 180 valence electrons. The summed E-state index contributed by atoms with van der Waals surface area (Å²) in [5, 5.41) is 4.21. The predicted molar refractivity (Wildman–Crippen MR) is 154 cm³/mol. The summed E-state index contributed by atoms with van der Waals surface area (Å²) in [7, 11) is 0. The van der Waals surface area contributed by atoms with Crippen molar-refractivity contribution in [3.63, 3.8) is 0 Å². The molecule has 0 atom stereocenters. The first-order valence-corrected chi connectivity index (χ1v) is 14.0. The first-order chi connectivity index (χ1) is 18.7. The van der Waals surface area contributed by atoms with Gasteiger partial charge in [0.2, 0.25) is 0 Å². The van der Waals surface area contributed by atoms with Crippen LogP contribution in [0.25, 0.3) is 27.6 Å². The number of ketones is 2. The van der Waals surface area contributed by atoms with E-state index in [4.69, 9.17) is 0 Å². The Hall–Kier alpha value is -4.57. The Balaban J connectivity index is 1.32. The zero-order chi connectivity index (χ0) is 25.6. The number of benzene rings is 4. The number of Topliss-reactive ketones (excluding diaryl/α,β-unsaturated/α-hetero) is 2. The maximum absolute atomic E-state index is 13.3. The van der Waals surface area contributed by atoms with Crippen LogP contribution in [0.5, 0.6) is 0 Å². The van der Waals surface area contributed by atoms with E-state index < -0.39 is 0 Å². The Morgan fingerprint density at radius 3 is 2.03 bits per heavy atom. The summed E-state index contributed by atoms with van der Waals surface area (Å²) in [6, 6.07) is 36.1. The fourth-order valence-corrected chi connectivity index (χ4v) is 7.11. The van der Waals surface area contributed by atoms with Crippen molar-refractivity contribution in [3.8, 4) is 0 Å². The summed E-state index contributed by atoms with van der Waals surface area (Å²) >= 11 is -0.137. The number of nitrogens with zero attached hydrogens (tertiary/aromatic N) is 2. The van der Waals surface area contributed by atoms with Gasteiger partial charge in [-0.1, -0.05) is 0 Å². The van der Waals surface area contributed by atoms with Crippen LogP contribution in [0.4, 0.5) is 16.1 Å². The minimum atomic E-state index is -0.198.